The van der Waals surface area contributed by atoms with Crippen LogP contribution in [0.5, 0.6) is 0 Å². The minimum Gasteiger partial charge on any atom is -0.377 e. The first-order valence-corrected chi connectivity index (χ1v) is 11.6. The third kappa shape index (κ3) is 3.71. The molecule has 2 heteroatoms. The third-order valence-electron chi connectivity index (χ3n) is 5.62. The van der Waals surface area contributed by atoms with Gasteiger partial charge in [-0.15, -0.1) is 0 Å². The molecule has 0 spiro atoms. The average molecular weight is 393 g/mol. The molecule has 0 aliphatic carbocycles. The van der Waals surface area contributed by atoms with Crippen molar-refractivity contribution in [3.8, 4) is 0 Å². The molecule has 1 atom stereocenters. The number of benzene rings is 4. The van der Waals surface area contributed by atoms with Crippen LogP contribution in [0.25, 0.3) is 0 Å². The molecular formula is C27H24NP. The summed E-state index contributed by atoms with van der Waals surface area (Å²) in [5, 5.41) is 8.13. The zero-order valence-electron chi connectivity index (χ0n) is 16.3. The van der Waals surface area contributed by atoms with Crippen LogP contribution >= 0.6 is 7.92 Å². The van der Waals surface area contributed by atoms with Gasteiger partial charge in [-0.3, -0.25) is 0 Å². The second kappa shape index (κ2) is 8.23. The highest BCUT2D eigenvalue weighted by molar-refractivity contribution is 7.80. The van der Waals surface area contributed by atoms with Gasteiger partial charge in [0.15, 0.2) is 0 Å². The summed E-state index contributed by atoms with van der Waals surface area (Å²) in [6.07, 6.45) is 2.25. The van der Waals surface area contributed by atoms with E-state index in [-0.39, 0.29) is 0 Å². The molecular weight excluding hydrogens is 369 g/mol. The Morgan fingerprint density at radius 3 is 1.83 bits per heavy atom. The van der Waals surface area contributed by atoms with Crippen molar-refractivity contribution in [2.75, 3.05) is 5.32 Å². The van der Waals surface area contributed by atoms with Crippen molar-refractivity contribution in [1.82, 2.24) is 0 Å². The van der Waals surface area contributed by atoms with Crippen molar-refractivity contribution in [2.24, 2.45) is 0 Å². The largest absolute Gasteiger partial charge is 0.377 e. The van der Waals surface area contributed by atoms with Crippen LogP contribution in [0.4, 0.5) is 5.69 Å². The Labute approximate surface area is 174 Å². The lowest BCUT2D eigenvalue weighted by atomic mass is 9.93. The van der Waals surface area contributed by atoms with Crippen molar-refractivity contribution >= 4 is 29.5 Å². The van der Waals surface area contributed by atoms with E-state index in [4.69, 9.17) is 0 Å². The minimum absolute atomic E-state index is 0.369. The van der Waals surface area contributed by atoms with Crippen LogP contribution in [-0.4, -0.2) is 0 Å². The molecule has 0 radical (unpaired) electrons. The van der Waals surface area contributed by atoms with Crippen molar-refractivity contribution in [2.45, 2.75) is 18.9 Å². The van der Waals surface area contributed by atoms with E-state index in [0.29, 0.717) is 6.04 Å². The number of rotatable bonds is 4. The van der Waals surface area contributed by atoms with Crippen LogP contribution in [-0.2, 0) is 6.42 Å². The highest BCUT2D eigenvalue weighted by Crippen LogP contribution is 2.40. The van der Waals surface area contributed by atoms with E-state index in [2.05, 4.69) is 115 Å². The fraction of sp³-hybridized carbons (Fsp3) is 0.111. The summed E-state index contributed by atoms with van der Waals surface area (Å²) < 4.78 is 0. The molecule has 0 saturated heterocycles. The van der Waals surface area contributed by atoms with Gasteiger partial charge in [-0.2, -0.15) is 0 Å². The van der Waals surface area contributed by atoms with Gasteiger partial charge in [0.2, 0.25) is 0 Å². The van der Waals surface area contributed by atoms with Crippen LogP contribution in [0, 0.1) is 0 Å². The third-order valence-corrected chi connectivity index (χ3v) is 8.10. The van der Waals surface area contributed by atoms with E-state index >= 15 is 0 Å². The Hall–Kier alpha value is -2.89. The Kier molecular flexibility index (Phi) is 5.15. The topological polar surface area (TPSA) is 12.0 Å². The number of hydrogen-bond acceptors (Lipinski definition) is 1. The maximum atomic E-state index is 3.92. The van der Waals surface area contributed by atoms with E-state index < -0.39 is 7.92 Å². The Morgan fingerprint density at radius 2 is 1.21 bits per heavy atom. The lowest BCUT2D eigenvalue weighted by Gasteiger charge is -2.32. The van der Waals surface area contributed by atoms with Gasteiger partial charge in [-0.25, -0.2) is 0 Å². The van der Waals surface area contributed by atoms with E-state index in [1.165, 1.54) is 32.7 Å². The Morgan fingerprint density at radius 1 is 0.621 bits per heavy atom. The lowest BCUT2D eigenvalue weighted by molar-refractivity contribution is 0.669. The van der Waals surface area contributed by atoms with Crippen molar-refractivity contribution in [1.29, 1.82) is 0 Å². The molecule has 1 N–H and O–H groups in total. The second-order valence-corrected chi connectivity index (χ2v) is 9.65. The van der Waals surface area contributed by atoms with Crippen molar-refractivity contribution in [3.63, 3.8) is 0 Å². The summed E-state index contributed by atoms with van der Waals surface area (Å²) in [4.78, 5) is 0. The molecule has 0 aromatic heterocycles. The summed E-state index contributed by atoms with van der Waals surface area (Å²) in [5.74, 6) is 0. The van der Waals surface area contributed by atoms with E-state index in [0.717, 1.165) is 12.8 Å². The predicted octanol–water partition coefficient (Wildman–Crippen LogP) is 5.54. The number of nitrogens with one attached hydrogen (secondary N) is 1. The average Bonchev–Trinajstić information content (AvgIpc) is 2.81. The lowest BCUT2D eigenvalue weighted by Crippen LogP contribution is -2.28. The summed E-state index contributed by atoms with van der Waals surface area (Å²) in [6, 6.07) is 40.0. The van der Waals surface area contributed by atoms with E-state index in [1.54, 1.807) is 0 Å². The van der Waals surface area contributed by atoms with Gasteiger partial charge in [0.1, 0.15) is 0 Å². The van der Waals surface area contributed by atoms with Gasteiger partial charge in [0, 0.05) is 11.0 Å². The Bertz CT molecular complexity index is 1040. The van der Waals surface area contributed by atoms with Gasteiger partial charge >= 0.3 is 0 Å². The molecule has 5 rings (SSSR count). The van der Waals surface area contributed by atoms with E-state index in [1.807, 2.05) is 0 Å². The quantitative estimate of drug-likeness (QED) is 0.449. The van der Waals surface area contributed by atoms with Crippen molar-refractivity contribution in [3.05, 3.63) is 120 Å². The fourth-order valence-electron chi connectivity index (χ4n) is 4.21. The summed E-state index contributed by atoms with van der Waals surface area (Å²) >= 11 is 0. The molecule has 0 saturated carbocycles. The second-order valence-electron chi connectivity index (χ2n) is 7.46. The molecule has 0 bridgehead atoms. The number of anilines is 1. The standard InChI is InChI=1S/C27H24NP/c1-4-11-21(12-5-1)25-20-19-22-13-10-18-26(27(22)28-25)29(23-14-6-2-7-15-23)24-16-8-3-9-17-24/h1-18,25,28H,19-20H2. The van der Waals surface area contributed by atoms with Gasteiger partial charge in [-0.05, 0) is 42.5 Å². The molecule has 1 heterocycles. The van der Waals surface area contributed by atoms with Crippen LogP contribution in [0.15, 0.2) is 109 Å². The minimum atomic E-state index is -0.611. The fourth-order valence-corrected chi connectivity index (χ4v) is 6.67. The first kappa shape index (κ1) is 18.2. The molecule has 29 heavy (non-hydrogen) atoms. The number of hydrogen-bond donors (Lipinski definition) is 1. The van der Waals surface area contributed by atoms with Gasteiger partial charge < -0.3 is 5.32 Å². The molecule has 142 valence electrons. The summed E-state index contributed by atoms with van der Waals surface area (Å²) in [7, 11) is -0.611. The maximum absolute atomic E-state index is 3.92. The number of para-hydroxylation sites is 1. The van der Waals surface area contributed by atoms with E-state index in [9.17, 15) is 0 Å². The Balaban J connectivity index is 1.62. The summed E-state index contributed by atoms with van der Waals surface area (Å²) in [5.41, 5.74) is 4.15. The van der Waals surface area contributed by atoms with Crippen LogP contribution < -0.4 is 21.2 Å². The van der Waals surface area contributed by atoms with Gasteiger partial charge in [0.25, 0.3) is 0 Å². The number of fused-ring (bicyclic) bond motifs is 1. The SMILES string of the molecule is c1ccc(C2CCc3cccc(P(c4ccccc4)c4ccccc4)c3N2)cc1. The molecule has 4 aromatic carbocycles. The molecule has 1 aliphatic heterocycles. The molecule has 1 aliphatic rings. The van der Waals surface area contributed by atoms with Crippen LogP contribution in [0.3, 0.4) is 0 Å². The molecule has 1 unspecified atom stereocenters. The monoisotopic (exact) mass is 393 g/mol. The zero-order chi connectivity index (χ0) is 19.5. The first-order valence-electron chi connectivity index (χ1n) is 10.2. The summed E-state index contributed by atoms with van der Waals surface area (Å²) in [6.45, 7) is 0. The highest BCUT2D eigenvalue weighted by atomic mass is 31.1. The van der Waals surface area contributed by atoms with Crippen molar-refractivity contribution < 1.29 is 0 Å². The van der Waals surface area contributed by atoms with Gasteiger partial charge in [-0.1, -0.05) is 109 Å². The van der Waals surface area contributed by atoms with Crippen LogP contribution in [0.2, 0.25) is 0 Å². The molecule has 0 fully saturated rings. The zero-order valence-corrected chi connectivity index (χ0v) is 17.2. The molecule has 0 amide bonds. The molecule has 1 nitrogen and oxygen atoms in total. The highest BCUT2D eigenvalue weighted by Gasteiger charge is 2.26. The predicted molar refractivity (Wildman–Crippen MR) is 126 cm³/mol. The van der Waals surface area contributed by atoms with Gasteiger partial charge in [0.05, 0.1) is 6.04 Å². The molecule has 4 aromatic rings. The smallest absolute Gasteiger partial charge is 0.0517 e. The van der Waals surface area contributed by atoms with Crippen LogP contribution in [0.1, 0.15) is 23.6 Å². The maximum Gasteiger partial charge on any atom is 0.0517 e. The number of aryl methyl sites for hydroxylation is 1. The first-order chi connectivity index (χ1) is 14.4. The normalized spacial score (nSPS) is 15.6.